The van der Waals surface area contributed by atoms with Crippen LogP contribution < -0.4 is 10.4 Å². The Kier molecular flexibility index (Phi) is 8.85. The summed E-state index contributed by atoms with van der Waals surface area (Å²) < 4.78 is 7.48. The Morgan fingerprint density at radius 2 is 1.45 bits per heavy atom. The van der Waals surface area contributed by atoms with E-state index in [0.29, 0.717) is 30.4 Å². The molecule has 0 bridgehead atoms. The van der Waals surface area contributed by atoms with Crippen molar-refractivity contribution < 1.29 is 14.6 Å². The third kappa shape index (κ3) is 6.12. The van der Waals surface area contributed by atoms with Gasteiger partial charge in [-0.1, -0.05) is 104 Å². The topological polar surface area (TPSA) is 49.7 Å². The van der Waals surface area contributed by atoms with Crippen LogP contribution in [0.15, 0.2) is 71.7 Å². The maximum absolute atomic E-state index is 10.2. The molecule has 0 amide bonds. The minimum absolute atomic E-state index is 0.0679. The molecule has 0 aliphatic rings. The number of aliphatic hydroxyl groups excluding tert-OH is 2. The second-order valence-corrected chi connectivity index (χ2v) is 13.9. The van der Waals surface area contributed by atoms with E-state index in [0.717, 1.165) is 0 Å². The summed E-state index contributed by atoms with van der Waals surface area (Å²) >= 11 is 3.24. The molecule has 2 aromatic rings. The normalized spacial score (nSPS) is 14.4. The van der Waals surface area contributed by atoms with Crippen LogP contribution in [0, 0.1) is 0 Å². The minimum atomic E-state index is -2.54. The van der Waals surface area contributed by atoms with Crippen LogP contribution in [0.25, 0.3) is 0 Å². The van der Waals surface area contributed by atoms with Gasteiger partial charge in [-0.2, -0.15) is 0 Å². The standard InChI is InChI=1S/C24H33BrO3Si/c1-19(25)18-23(27)22(26)16-11-17-28-29(24(2,3)4,20-12-7-5-8-13-20)21-14-9-6-10-15-21/h5-10,12-15,22-23,26-27H,1,11,16-18H2,2-4H3/t22-,23-/m0/s1. The molecule has 0 radical (unpaired) electrons. The van der Waals surface area contributed by atoms with Crippen molar-refractivity contribution in [3.8, 4) is 0 Å². The van der Waals surface area contributed by atoms with E-state index < -0.39 is 20.5 Å². The van der Waals surface area contributed by atoms with Gasteiger partial charge in [-0.3, -0.25) is 0 Å². The number of hydrogen-bond donors (Lipinski definition) is 2. The molecule has 5 heteroatoms. The van der Waals surface area contributed by atoms with Crippen molar-refractivity contribution in [3.05, 3.63) is 71.7 Å². The average Bonchev–Trinajstić information content (AvgIpc) is 2.67. The zero-order chi connectivity index (χ0) is 21.5. The largest absolute Gasteiger partial charge is 0.407 e. The summed E-state index contributed by atoms with van der Waals surface area (Å²) in [6, 6.07) is 21.0. The van der Waals surface area contributed by atoms with E-state index in [2.05, 4.69) is 91.8 Å². The predicted molar refractivity (Wildman–Crippen MR) is 128 cm³/mol. The molecule has 0 saturated carbocycles. The van der Waals surface area contributed by atoms with Gasteiger partial charge >= 0.3 is 0 Å². The van der Waals surface area contributed by atoms with Crippen molar-refractivity contribution in [1.82, 2.24) is 0 Å². The first-order chi connectivity index (χ1) is 13.7. The Morgan fingerprint density at radius 3 is 1.86 bits per heavy atom. The Balaban J connectivity index is 2.22. The third-order valence-electron chi connectivity index (χ3n) is 5.25. The number of aliphatic hydroxyl groups is 2. The van der Waals surface area contributed by atoms with E-state index in [4.69, 9.17) is 4.43 Å². The summed E-state index contributed by atoms with van der Waals surface area (Å²) in [5.74, 6) is 0. The first-order valence-corrected chi connectivity index (χ1v) is 12.8. The van der Waals surface area contributed by atoms with Gasteiger partial charge in [-0.25, -0.2) is 0 Å². The Hall–Kier alpha value is -1.24. The second-order valence-electron chi connectivity index (χ2n) is 8.51. The van der Waals surface area contributed by atoms with Gasteiger partial charge in [0.05, 0.1) is 12.2 Å². The molecule has 2 aromatic carbocycles. The lowest BCUT2D eigenvalue weighted by atomic mass is 10.1. The van der Waals surface area contributed by atoms with Gasteiger partial charge in [0.25, 0.3) is 8.32 Å². The zero-order valence-corrected chi connectivity index (χ0v) is 20.2. The fraction of sp³-hybridized carbons (Fsp3) is 0.417. The van der Waals surface area contributed by atoms with E-state index in [-0.39, 0.29) is 5.04 Å². The van der Waals surface area contributed by atoms with E-state index in [1.54, 1.807) is 0 Å². The van der Waals surface area contributed by atoms with E-state index >= 15 is 0 Å². The average molecular weight is 478 g/mol. The Labute approximate surface area is 184 Å². The van der Waals surface area contributed by atoms with Gasteiger partial charge in [-0.05, 0) is 32.7 Å². The monoisotopic (exact) mass is 476 g/mol. The van der Waals surface area contributed by atoms with Gasteiger partial charge < -0.3 is 14.6 Å². The molecule has 0 fully saturated rings. The molecule has 3 nitrogen and oxygen atoms in total. The maximum Gasteiger partial charge on any atom is 0.261 e. The fourth-order valence-electron chi connectivity index (χ4n) is 3.83. The van der Waals surface area contributed by atoms with Crippen molar-refractivity contribution in [1.29, 1.82) is 0 Å². The van der Waals surface area contributed by atoms with Crippen molar-refractivity contribution in [2.45, 2.75) is 57.3 Å². The predicted octanol–water partition coefficient (Wildman–Crippen LogP) is 4.36. The summed E-state index contributed by atoms with van der Waals surface area (Å²) in [5.41, 5.74) is 0. The molecule has 0 heterocycles. The van der Waals surface area contributed by atoms with Crippen molar-refractivity contribution in [2.24, 2.45) is 0 Å². The minimum Gasteiger partial charge on any atom is -0.407 e. The highest BCUT2D eigenvalue weighted by atomic mass is 79.9. The van der Waals surface area contributed by atoms with E-state index in [9.17, 15) is 10.2 Å². The van der Waals surface area contributed by atoms with Crippen LogP contribution >= 0.6 is 15.9 Å². The summed E-state index contributed by atoms with van der Waals surface area (Å²) in [6.45, 7) is 11.0. The molecule has 0 spiro atoms. The highest BCUT2D eigenvalue weighted by Crippen LogP contribution is 2.36. The Bertz CT molecular complexity index is 719. The van der Waals surface area contributed by atoms with E-state index in [1.165, 1.54) is 10.4 Å². The lowest BCUT2D eigenvalue weighted by Gasteiger charge is -2.43. The van der Waals surface area contributed by atoms with Crippen molar-refractivity contribution in [3.63, 3.8) is 0 Å². The molecule has 0 unspecified atom stereocenters. The summed E-state index contributed by atoms with van der Waals surface area (Å²) in [4.78, 5) is 0. The molecule has 2 N–H and O–H groups in total. The third-order valence-corrected chi connectivity index (χ3v) is 10.6. The van der Waals surface area contributed by atoms with Crippen LogP contribution in [0.1, 0.15) is 40.0 Å². The number of rotatable bonds is 10. The SMILES string of the molecule is C=C(Br)C[C@H](O)[C@@H](O)CCCO[Si](c1ccccc1)(c1ccccc1)C(C)(C)C. The van der Waals surface area contributed by atoms with E-state index in [1.807, 2.05) is 12.1 Å². The molecular weight excluding hydrogens is 444 g/mol. The van der Waals surface area contributed by atoms with Crippen molar-refractivity contribution >= 4 is 34.6 Å². The second kappa shape index (κ2) is 10.7. The zero-order valence-electron chi connectivity index (χ0n) is 17.6. The lowest BCUT2D eigenvalue weighted by molar-refractivity contribution is 0.0132. The molecule has 158 valence electrons. The molecule has 0 aliphatic carbocycles. The van der Waals surface area contributed by atoms with Gasteiger partial charge in [0.1, 0.15) is 0 Å². The van der Waals surface area contributed by atoms with Crippen molar-refractivity contribution in [2.75, 3.05) is 6.61 Å². The summed E-state index contributed by atoms with van der Waals surface area (Å²) in [6.07, 6.45) is -0.0878. The highest BCUT2D eigenvalue weighted by Gasteiger charge is 2.49. The fourth-order valence-corrected chi connectivity index (χ4v) is 8.77. The number of benzene rings is 2. The van der Waals surface area contributed by atoms with Gasteiger partial charge in [0, 0.05) is 13.0 Å². The molecule has 29 heavy (non-hydrogen) atoms. The highest BCUT2D eigenvalue weighted by molar-refractivity contribution is 9.11. The molecule has 2 atom stereocenters. The first kappa shape index (κ1) is 24.0. The quantitative estimate of drug-likeness (QED) is 0.395. The van der Waals surface area contributed by atoms with Crippen LogP contribution in [0.2, 0.25) is 5.04 Å². The van der Waals surface area contributed by atoms with Crippen LogP contribution in [-0.4, -0.2) is 37.3 Å². The van der Waals surface area contributed by atoms with Gasteiger partial charge in [0.2, 0.25) is 0 Å². The summed E-state index contributed by atoms with van der Waals surface area (Å²) in [5, 5.41) is 22.7. The molecule has 0 saturated heterocycles. The molecular formula is C24H33BrO3Si. The molecule has 0 aromatic heterocycles. The van der Waals surface area contributed by atoms with Gasteiger partial charge in [-0.15, -0.1) is 0 Å². The number of hydrogen-bond acceptors (Lipinski definition) is 3. The summed E-state index contributed by atoms with van der Waals surface area (Å²) in [7, 11) is -2.54. The van der Waals surface area contributed by atoms with Crippen LogP contribution in [0.3, 0.4) is 0 Å². The maximum atomic E-state index is 10.2. The first-order valence-electron chi connectivity index (χ1n) is 10.1. The smallest absolute Gasteiger partial charge is 0.261 e. The molecule has 0 aliphatic heterocycles. The van der Waals surface area contributed by atoms with Crippen LogP contribution in [0.5, 0.6) is 0 Å². The van der Waals surface area contributed by atoms with Crippen LogP contribution in [0.4, 0.5) is 0 Å². The molecule has 2 rings (SSSR count). The Morgan fingerprint density at radius 1 is 0.966 bits per heavy atom. The number of halogens is 1. The van der Waals surface area contributed by atoms with Crippen LogP contribution in [-0.2, 0) is 4.43 Å². The van der Waals surface area contributed by atoms with Gasteiger partial charge in [0.15, 0.2) is 0 Å². The lowest BCUT2D eigenvalue weighted by Crippen LogP contribution is -2.66.